The van der Waals surface area contributed by atoms with Gasteiger partial charge in [0, 0.05) is 0 Å². The average molecular weight is 725 g/mol. The summed E-state index contributed by atoms with van der Waals surface area (Å²) in [6.07, 6.45) is 8.52. The van der Waals surface area contributed by atoms with Crippen molar-refractivity contribution in [2.75, 3.05) is 0 Å². The summed E-state index contributed by atoms with van der Waals surface area (Å²) < 4.78 is 13.0. The first kappa shape index (κ1) is 30.2. The van der Waals surface area contributed by atoms with Crippen LogP contribution in [0.4, 0.5) is 0 Å². The van der Waals surface area contributed by atoms with Gasteiger partial charge in [-0.2, -0.15) is 0 Å². The van der Waals surface area contributed by atoms with Crippen molar-refractivity contribution in [2.24, 2.45) is 0 Å². The van der Waals surface area contributed by atoms with Gasteiger partial charge in [0.2, 0.25) is 0 Å². The molecule has 47 heavy (non-hydrogen) atoms. The molecule has 2 aromatic heterocycles. The van der Waals surface area contributed by atoms with Gasteiger partial charge in [0.25, 0.3) is 0 Å². The molecule has 0 N–H and O–H groups in total. The Morgan fingerprint density at radius 3 is 1.09 bits per heavy atom. The van der Waals surface area contributed by atoms with E-state index in [0.29, 0.717) is 7.25 Å². The van der Waals surface area contributed by atoms with E-state index in [1.807, 2.05) is 24.7 Å². The molecular weight excluding hydrogens is 699 g/mol. The van der Waals surface area contributed by atoms with Crippen LogP contribution in [-0.4, -0.2) is 0 Å². The fraction of sp³-hybridized carbons (Fsp3) is 0.0476. The van der Waals surface area contributed by atoms with Crippen LogP contribution in [0, 0.1) is 0 Å². The summed E-state index contributed by atoms with van der Waals surface area (Å²) in [4.78, 5) is 0. The Labute approximate surface area is 296 Å². The number of halogens is 2. The SMILES string of the molecule is C1=C(c2ccco2)[CH]([Zr+2][CH]2C(c3ccco3)=Cc3c2c2ccccc2c2ccccc32)c2c1c1ccccc1c1ccccc21.[Cl-].[Cl-]. The Morgan fingerprint density at radius 1 is 0.383 bits per heavy atom. The Balaban J connectivity index is 0.00000162. The van der Waals surface area contributed by atoms with Gasteiger partial charge in [-0.15, -0.1) is 0 Å². The molecule has 0 saturated heterocycles. The van der Waals surface area contributed by atoms with E-state index in [9.17, 15) is 0 Å². The van der Waals surface area contributed by atoms with E-state index >= 15 is 0 Å². The van der Waals surface area contributed by atoms with E-state index in [0.717, 1.165) is 11.5 Å². The van der Waals surface area contributed by atoms with Crippen molar-refractivity contribution in [3.8, 4) is 0 Å². The minimum absolute atomic E-state index is 0. The zero-order chi connectivity index (χ0) is 29.5. The number of allylic oxidation sites excluding steroid dienone is 2. The van der Waals surface area contributed by atoms with Gasteiger partial charge in [-0.3, -0.25) is 0 Å². The van der Waals surface area contributed by atoms with Crippen LogP contribution in [0.1, 0.15) is 41.0 Å². The van der Waals surface area contributed by atoms with Crippen LogP contribution in [0.25, 0.3) is 66.4 Å². The normalized spacial score (nSPS) is 16.3. The standard InChI is InChI=1S/2C21H13O.2ClH.Zr/c2*1-3-8-17-15(6-1)16-7-2-4-9-18(16)20-13-14(12-19(17)20)21-10-5-11-22-21;;;/h2*1-13H;2*1H;/q;;;;+2/p-2. The molecule has 5 heteroatoms. The molecule has 0 fully saturated rings. The minimum Gasteiger partial charge on any atom is -1.00 e. The molecule has 0 spiro atoms. The van der Waals surface area contributed by atoms with E-state index < -0.39 is 23.2 Å². The molecular formula is C42H26Cl2O2Zr. The molecule has 10 rings (SSSR count). The third-order valence-electron chi connectivity index (χ3n) is 9.77. The molecule has 224 valence electrons. The third-order valence-corrected chi connectivity index (χ3v) is 14.4. The Hall–Kier alpha value is -4.14. The van der Waals surface area contributed by atoms with E-state index in [4.69, 9.17) is 8.83 Å². The predicted molar refractivity (Wildman–Crippen MR) is 182 cm³/mol. The van der Waals surface area contributed by atoms with Gasteiger partial charge in [0.15, 0.2) is 0 Å². The molecule has 0 amide bonds. The van der Waals surface area contributed by atoms with Crippen LogP contribution in [0.2, 0.25) is 0 Å². The molecule has 0 saturated carbocycles. The number of benzene rings is 6. The number of hydrogen-bond donors (Lipinski definition) is 0. The summed E-state index contributed by atoms with van der Waals surface area (Å²) in [5.74, 6) is 1.96. The van der Waals surface area contributed by atoms with Crippen molar-refractivity contribution < 1.29 is 56.9 Å². The number of rotatable bonds is 4. The summed E-state index contributed by atoms with van der Waals surface area (Å²) in [6, 6.07) is 44.1. The van der Waals surface area contributed by atoms with Crippen molar-refractivity contribution in [3.63, 3.8) is 0 Å². The molecule has 2 unspecified atom stereocenters. The Kier molecular flexibility index (Phi) is 7.61. The van der Waals surface area contributed by atoms with Gasteiger partial charge in [-0.1, -0.05) is 0 Å². The van der Waals surface area contributed by atoms with Gasteiger partial charge in [0.1, 0.15) is 0 Å². The fourth-order valence-electron chi connectivity index (χ4n) is 7.94. The maximum absolute atomic E-state index is 6.19. The molecule has 2 aliphatic carbocycles. The second-order valence-electron chi connectivity index (χ2n) is 12.0. The molecule has 0 radical (unpaired) electrons. The minimum atomic E-state index is -1.37. The number of furan rings is 2. The monoisotopic (exact) mass is 722 g/mol. The van der Waals surface area contributed by atoms with Crippen LogP contribution in [0.15, 0.2) is 143 Å². The largest absolute Gasteiger partial charge is 1.00 e. The van der Waals surface area contributed by atoms with Crippen molar-refractivity contribution in [1.82, 2.24) is 0 Å². The first-order chi connectivity index (χ1) is 22.3. The molecule has 2 aliphatic rings. The first-order valence-electron chi connectivity index (χ1n) is 15.5. The second-order valence-corrected chi connectivity index (χ2v) is 15.7. The average Bonchev–Trinajstić information content (AvgIpc) is 3.92. The van der Waals surface area contributed by atoms with E-state index in [-0.39, 0.29) is 24.8 Å². The topological polar surface area (TPSA) is 26.3 Å². The number of fused-ring (bicyclic) bond motifs is 12. The molecule has 2 heterocycles. The summed E-state index contributed by atoms with van der Waals surface area (Å²) in [6.45, 7) is 0. The maximum atomic E-state index is 6.19. The summed E-state index contributed by atoms with van der Waals surface area (Å²) >= 11 is -1.37. The van der Waals surface area contributed by atoms with Gasteiger partial charge >= 0.3 is 273 Å². The van der Waals surface area contributed by atoms with Crippen LogP contribution < -0.4 is 24.8 Å². The van der Waals surface area contributed by atoms with Crippen molar-refractivity contribution in [2.45, 2.75) is 7.25 Å². The fourth-order valence-corrected chi connectivity index (χ4v) is 13.1. The van der Waals surface area contributed by atoms with E-state index in [2.05, 4.69) is 121 Å². The molecule has 0 aliphatic heterocycles. The van der Waals surface area contributed by atoms with Gasteiger partial charge in [-0.05, 0) is 0 Å². The summed E-state index contributed by atoms with van der Waals surface area (Å²) in [7, 11) is 0. The van der Waals surface area contributed by atoms with Crippen LogP contribution in [-0.2, 0) is 23.2 Å². The Morgan fingerprint density at radius 2 is 0.723 bits per heavy atom. The van der Waals surface area contributed by atoms with Crippen LogP contribution in [0.3, 0.4) is 0 Å². The van der Waals surface area contributed by atoms with Crippen LogP contribution in [0.5, 0.6) is 0 Å². The molecule has 0 bridgehead atoms. The van der Waals surface area contributed by atoms with Crippen LogP contribution >= 0.6 is 0 Å². The zero-order valence-electron chi connectivity index (χ0n) is 25.1. The molecule has 6 aromatic carbocycles. The van der Waals surface area contributed by atoms with Crippen molar-refractivity contribution in [3.05, 3.63) is 168 Å². The summed E-state index contributed by atoms with van der Waals surface area (Å²) in [5, 5.41) is 10.6. The quantitative estimate of drug-likeness (QED) is 0.226. The third kappa shape index (κ3) is 4.48. The van der Waals surface area contributed by atoms with E-state index in [1.165, 1.54) is 76.5 Å². The number of hydrogen-bond acceptors (Lipinski definition) is 2. The van der Waals surface area contributed by atoms with Crippen molar-refractivity contribution in [1.29, 1.82) is 0 Å². The molecule has 2 atom stereocenters. The van der Waals surface area contributed by atoms with Gasteiger partial charge in [-0.25, -0.2) is 0 Å². The first-order valence-corrected chi connectivity index (χ1v) is 18.3. The Bertz CT molecular complexity index is 2350. The maximum Gasteiger partial charge on any atom is -1.00 e. The van der Waals surface area contributed by atoms with Gasteiger partial charge in [0.05, 0.1) is 0 Å². The second kappa shape index (κ2) is 11.8. The smallest absolute Gasteiger partial charge is 1.00 e. The van der Waals surface area contributed by atoms with Crippen molar-refractivity contribution >= 4 is 66.4 Å². The van der Waals surface area contributed by atoms with E-state index in [1.54, 1.807) is 0 Å². The molecule has 8 aromatic rings. The molecule has 2 nitrogen and oxygen atoms in total. The zero-order valence-corrected chi connectivity index (χ0v) is 29.1. The predicted octanol–water partition coefficient (Wildman–Crippen LogP) is 5.47. The summed E-state index contributed by atoms with van der Waals surface area (Å²) in [5.41, 5.74) is 8.29. The van der Waals surface area contributed by atoms with Gasteiger partial charge < -0.3 is 24.8 Å².